The van der Waals surface area contributed by atoms with E-state index >= 15 is 0 Å². The standard InChI is InChI=1S/C19H30N6O/c1-13-6-7-17-15(11-13)14(8-10-24(2)3)12-25(17)18(26)16(20)5-4-9-23-19(21)22/h6-7,11-12,16H,4-5,8-10,20H2,1-3H3,(H4,21,22,23). The van der Waals surface area contributed by atoms with Crippen LogP contribution in [-0.4, -0.2) is 54.6 Å². The van der Waals surface area contributed by atoms with Crippen LogP contribution in [0.4, 0.5) is 0 Å². The predicted octanol–water partition coefficient (Wildman–Crippen LogP) is 1.28. The number of hydrogen-bond acceptors (Lipinski definition) is 4. The second kappa shape index (κ2) is 8.82. The lowest BCUT2D eigenvalue weighted by Gasteiger charge is -2.12. The monoisotopic (exact) mass is 358 g/mol. The molecule has 6 N–H and O–H groups in total. The molecule has 2 rings (SSSR count). The summed E-state index contributed by atoms with van der Waals surface area (Å²) in [5.41, 5.74) is 14.6. The van der Waals surface area contributed by atoms with Crippen molar-refractivity contribution in [2.75, 3.05) is 27.2 Å². The lowest BCUT2D eigenvalue weighted by molar-refractivity contribution is 0.0879. The summed E-state index contributed by atoms with van der Waals surface area (Å²) >= 11 is 0. The van der Waals surface area contributed by atoms with Gasteiger partial charge in [-0.2, -0.15) is 0 Å². The van der Waals surface area contributed by atoms with Gasteiger partial charge in [-0.1, -0.05) is 11.6 Å². The summed E-state index contributed by atoms with van der Waals surface area (Å²) in [5.74, 6) is -0.167. The summed E-state index contributed by atoms with van der Waals surface area (Å²) in [6, 6.07) is 5.56. The SMILES string of the molecule is Cc1ccc2c(c1)c(CCN(C)C)cn2C(=O)C(N)CCCNC(=N)N. The van der Waals surface area contributed by atoms with Crippen LogP contribution < -0.4 is 16.8 Å². The normalized spacial score (nSPS) is 12.5. The van der Waals surface area contributed by atoms with Gasteiger partial charge in [0.1, 0.15) is 0 Å². The third-order valence-corrected chi connectivity index (χ3v) is 4.43. The van der Waals surface area contributed by atoms with E-state index in [-0.39, 0.29) is 11.9 Å². The number of hydrogen-bond donors (Lipinski definition) is 4. The highest BCUT2D eigenvalue weighted by molar-refractivity contribution is 5.96. The molecule has 0 fully saturated rings. The molecule has 0 saturated carbocycles. The molecular formula is C19H30N6O. The zero-order valence-electron chi connectivity index (χ0n) is 15.9. The Morgan fingerprint density at radius 3 is 2.77 bits per heavy atom. The fraction of sp³-hybridized carbons (Fsp3) is 0.474. The van der Waals surface area contributed by atoms with Crippen molar-refractivity contribution < 1.29 is 4.79 Å². The Hall–Kier alpha value is -2.38. The molecule has 0 aliphatic rings. The Morgan fingerprint density at radius 2 is 2.12 bits per heavy atom. The molecule has 7 nitrogen and oxygen atoms in total. The maximum absolute atomic E-state index is 12.9. The largest absolute Gasteiger partial charge is 0.370 e. The zero-order valence-corrected chi connectivity index (χ0v) is 15.9. The Labute approximate surface area is 154 Å². The van der Waals surface area contributed by atoms with E-state index in [0.29, 0.717) is 19.4 Å². The number of nitrogens with zero attached hydrogens (tertiary/aromatic N) is 2. The number of nitrogens with one attached hydrogen (secondary N) is 2. The average Bonchev–Trinajstić information content (AvgIpc) is 2.93. The van der Waals surface area contributed by atoms with E-state index in [4.69, 9.17) is 16.9 Å². The Morgan fingerprint density at radius 1 is 1.38 bits per heavy atom. The van der Waals surface area contributed by atoms with Crippen LogP contribution in [-0.2, 0) is 6.42 Å². The average molecular weight is 358 g/mol. The van der Waals surface area contributed by atoms with E-state index in [2.05, 4.69) is 23.2 Å². The molecule has 1 unspecified atom stereocenters. The highest BCUT2D eigenvalue weighted by atomic mass is 16.2. The van der Waals surface area contributed by atoms with Crippen molar-refractivity contribution in [3.05, 3.63) is 35.5 Å². The third-order valence-electron chi connectivity index (χ3n) is 4.43. The Balaban J connectivity index is 2.19. The van der Waals surface area contributed by atoms with Crippen LogP contribution >= 0.6 is 0 Å². The quantitative estimate of drug-likeness (QED) is 0.323. The molecular weight excluding hydrogens is 328 g/mol. The van der Waals surface area contributed by atoms with Crippen molar-refractivity contribution in [3.8, 4) is 0 Å². The molecule has 7 heteroatoms. The number of fused-ring (bicyclic) bond motifs is 1. The van der Waals surface area contributed by atoms with Crippen molar-refractivity contribution in [2.24, 2.45) is 11.5 Å². The Bertz CT molecular complexity index is 780. The second-order valence-corrected chi connectivity index (χ2v) is 7.03. The van der Waals surface area contributed by atoms with Gasteiger partial charge in [-0.15, -0.1) is 0 Å². The van der Waals surface area contributed by atoms with E-state index in [1.165, 1.54) is 5.56 Å². The van der Waals surface area contributed by atoms with E-state index in [9.17, 15) is 4.79 Å². The highest BCUT2D eigenvalue weighted by Gasteiger charge is 2.19. The number of aryl methyl sites for hydroxylation is 1. The van der Waals surface area contributed by atoms with Crippen molar-refractivity contribution in [1.29, 1.82) is 5.41 Å². The van der Waals surface area contributed by atoms with E-state index in [1.54, 1.807) is 4.57 Å². The fourth-order valence-corrected chi connectivity index (χ4v) is 2.98. The molecule has 26 heavy (non-hydrogen) atoms. The number of likely N-dealkylation sites (N-methyl/N-ethyl adjacent to an activating group) is 1. The van der Waals surface area contributed by atoms with Crippen LogP contribution in [0.1, 0.15) is 28.8 Å². The van der Waals surface area contributed by atoms with Gasteiger partial charge in [-0.25, -0.2) is 0 Å². The van der Waals surface area contributed by atoms with Gasteiger partial charge in [0.25, 0.3) is 0 Å². The van der Waals surface area contributed by atoms with Crippen LogP contribution in [0.25, 0.3) is 10.9 Å². The second-order valence-electron chi connectivity index (χ2n) is 7.03. The van der Waals surface area contributed by atoms with E-state index in [0.717, 1.165) is 29.4 Å². The predicted molar refractivity (Wildman–Crippen MR) is 107 cm³/mol. The molecule has 0 saturated heterocycles. The first-order valence-corrected chi connectivity index (χ1v) is 8.92. The van der Waals surface area contributed by atoms with Gasteiger partial charge in [0.15, 0.2) is 5.96 Å². The molecule has 0 aliphatic carbocycles. The van der Waals surface area contributed by atoms with E-state index < -0.39 is 6.04 Å². The molecule has 1 atom stereocenters. The topological polar surface area (TPSA) is 113 Å². The minimum absolute atomic E-state index is 0.0674. The van der Waals surface area contributed by atoms with Gasteiger partial charge >= 0.3 is 0 Å². The summed E-state index contributed by atoms with van der Waals surface area (Å²) in [7, 11) is 4.08. The van der Waals surface area contributed by atoms with Crippen molar-refractivity contribution >= 4 is 22.8 Å². The minimum Gasteiger partial charge on any atom is -0.370 e. The van der Waals surface area contributed by atoms with Crippen LogP contribution in [0.5, 0.6) is 0 Å². The maximum Gasteiger partial charge on any atom is 0.247 e. The first-order valence-electron chi connectivity index (χ1n) is 8.92. The maximum atomic E-state index is 12.9. The molecule has 0 amide bonds. The van der Waals surface area contributed by atoms with Crippen LogP contribution in [0, 0.1) is 12.3 Å². The molecule has 0 radical (unpaired) electrons. The molecule has 1 aromatic heterocycles. The van der Waals surface area contributed by atoms with Gasteiger partial charge in [-0.05, 0) is 58.0 Å². The van der Waals surface area contributed by atoms with Gasteiger partial charge in [-0.3, -0.25) is 14.8 Å². The van der Waals surface area contributed by atoms with Gasteiger partial charge < -0.3 is 21.7 Å². The van der Waals surface area contributed by atoms with Crippen molar-refractivity contribution in [2.45, 2.75) is 32.2 Å². The summed E-state index contributed by atoms with van der Waals surface area (Å²) in [6.07, 6.45) is 4.03. The van der Waals surface area contributed by atoms with Gasteiger partial charge in [0, 0.05) is 24.7 Å². The number of aromatic nitrogens is 1. The number of rotatable bonds is 8. The summed E-state index contributed by atoms with van der Waals surface area (Å²) in [4.78, 5) is 15.0. The van der Waals surface area contributed by atoms with Crippen molar-refractivity contribution in [3.63, 3.8) is 0 Å². The first-order chi connectivity index (χ1) is 12.3. The van der Waals surface area contributed by atoms with Crippen LogP contribution in [0.15, 0.2) is 24.4 Å². The zero-order chi connectivity index (χ0) is 19.3. The summed E-state index contributed by atoms with van der Waals surface area (Å²) in [6.45, 7) is 3.52. The highest BCUT2D eigenvalue weighted by Crippen LogP contribution is 2.24. The van der Waals surface area contributed by atoms with Gasteiger partial charge in [0.05, 0.1) is 11.6 Å². The summed E-state index contributed by atoms with van der Waals surface area (Å²) < 4.78 is 1.70. The fourth-order valence-electron chi connectivity index (χ4n) is 2.98. The Kier molecular flexibility index (Phi) is 6.76. The van der Waals surface area contributed by atoms with E-state index in [1.807, 2.05) is 32.4 Å². The number of carbonyl (C=O) groups excluding carboxylic acids is 1. The van der Waals surface area contributed by atoms with Crippen LogP contribution in [0.3, 0.4) is 0 Å². The third kappa shape index (κ3) is 5.06. The lowest BCUT2D eigenvalue weighted by atomic mass is 10.1. The molecule has 1 heterocycles. The van der Waals surface area contributed by atoms with Gasteiger partial charge in [0.2, 0.25) is 5.91 Å². The number of benzene rings is 1. The lowest BCUT2D eigenvalue weighted by Crippen LogP contribution is -2.36. The van der Waals surface area contributed by atoms with Crippen LogP contribution in [0.2, 0.25) is 0 Å². The summed E-state index contributed by atoms with van der Waals surface area (Å²) in [5, 5.41) is 11.0. The first kappa shape index (κ1) is 19.9. The molecule has 0 aliphatic heterocycles. The molecule has 142 valence electrons. The molecule has 2 aromatic rings. The molecule has 0 bridgehead atoms. The number of carbonyl (C=O) groups is 1. The number of guanidine groups is 1. The number of nitrogens with two attached hydrogens (primary N) is 2. The van der Waals surface area contributed by atoms with Crippen molar-refractivity contribution in [1.82, 2.24) is 14.8 Å². The molecule has 1 aromatic carbocycles. The molecule has 0 spiro atoms. The minimum atomic E-state index is -0.581. The smallest absolute Gasteiger partial charge is 0.247 e.